The van der Waals surface area contributed by atoms with Crippen molar-refractivity contribution in [3.63, 3.8) is 0 Å². The van der Waals surface area contributed by atoms with Crippen molar-refractivity contribution in [2.24, 2.45) is 0 Å². The van der Waals surface area contributed by atoms with Crippen molar-refractivity contribution in [2.75, 3.05) is 44.6 Å². The van der Waals surface area contributed by atoms with Crippen LogP contribution in [0.2, 0.25) is 0 Å². The molecule has 1 saturated heterocycles. The van der Waals surface area contributed by atoms with Crippen molar-refractivity contribution in [3.05, 3.63) is 17.8 Å². The van der Waals surface area contributed by atoms with Crippen molar-refractivity contribution in [1.29, 1.82) is 0 Å². The van der Waals surface area contributed by atoms with Crippen LogP contribution in [0.4, 0.5) is 5.82 Å². The zero-order chi connectivity index (χ0) is 17.7. The van der Waals surface area contributed by atoms with Crippen molar-refractivity contribution in [3.8, 4) is 0 Å². The Morgan fingerprint density at radius 3 is 2.48 bits per heavy atom. The SMILES string of the molecule is CCCNc1ncc(S(=O)(=O)N2CCN(CC)CC2)cc1C(=O)O.[H-].[Na+]. The van der Waals surface area contributed by atoms with Gasteiger partial charge >= 0.3 is 35.5 Å². The molecule has 1 aliphatic rings. The summed E-state index contributed by atoms with van der Waals surface area (Å²) in [4.78, 5) is 17.5. The first-order chi connectivity index (χ1) is 11.4. The number of sulfonamides is 1. The number of hydrogen-bond acceptors (Lipinski definition) is 6. The third-order valence-electron chi connectivity index (χ3n) is 4.05. The minimum atomic E-state index is -3.73. The number of likely N-dealkylation sites (N-methyl/N-ethyl adjacent to an activating group) is 1. The molecule has 2 N–H and O–H groups in total. The summed E-state index contributed by atoms with van der Waals surface area (Å²) in [6, 6.07) is 1.19. The maximum absolute atomic E-state index is 12.7. The number of nitrogens with zero attached hydrogens (tertiary/aromatic N) is 3. The third-order valence-corrected chi connectivity index (χ3v) is 5.92. The van der Waals surface area contributed by atoms with Crippen LogP contribution >= 0.6 is 0 Å². The molecular formula is C15H25N4NaO4S. The number of carboxylic acid groups (broad SMARTS) is 1. The maximum atomic E-state index is 12.7. The van der Waals surface area contributed by atoms with Crippen LogP contribution < -0.4 is 34.9 Å². The number of aromatic nitrogens is 1. The van der Waals surface area contributed by atoms with E-state index in [1.165, 1.54) is 16.6 Å². The molecule has 8 nitrogen and oxygen atoms in total. The zero-order valence-corrected chi connectivity index (χ0v) is 17.8. The fourth-order valence-electron chi connectivity index (χ4n) is 2.57. The second-order valence-electron chi connectivity index (χ2n) is 5.64. The molecule has 10 heteroatoms. The second-order valence-corrected chi connectivity index (χ2v) is 7.58. The standard InChI is InChI=1S/C15H24N4O4S.Na.H/c1-3-5-16-14-13(15(20)21)10-12(11-17-14)24(22,23)19-8-6-18(4-2)7-9-19;;/h10-11H,3-9H2,1-2H3,(H,16,17)(H,20,21);;/q;+1;-1. The predicted molar refractivity (Wildman–Crippen MR) is 92.0 cm³/mol. The summed E-state index contributed by atoms with van der Waals surface area (Å²) in [5.41, 5.74) is -0.128. The van der Waals surface area contributed by atoms with E-state index in [-0.39, 0.29) is 47.3 Å². The number of anilines is 1. The monoisotopic (exact) mass is 380 g/mol. The van der Waals surface area contributed by atoms with Gasteiger partial charge in [0.05, 0.1) is 0 Å². The van der Waals surface area contributed by atoms with Gasteiger partial charge < -0.3 is 16.7 Å². The van der Waals surface area contributed by atoms with Crippen LogP contribution in [-0.4, -0.2) is 73.0 Å². The summed E-state index contributed by atoms with van der Waals surface area (Å²) in [5.74, 6) is -1.01. The zero-order valence-electron chi connectivity index (χ0n) is 16.0. The Bertz CT molecular complexity index is 697. The van der Waals surface area contributed by atoms with E-state index in [1.54, 1.807) is 0 Å². The van der Waals surface area contributed by atoms with E-state index in [9.17, 15) is 18.3 Å². The molecule has 0 unspecified atom stereocenters. The number of carboxylic acids is 1. The van der Waals surface area contributed by atoms with Crippen LogP contribution in [-0.2, 0) is 10.0 Å². The average Bonchev–Trinajstić information content (AvgIpc) is 2.59. The largest absolute Gasteiger partial charge is 1.00 e. The van der Waals surface area contributed by atoms with Crippen LogP contribution in [0.15, 0.2) is 17.2 Å². The maximum Gasteiger partial charge on any atom is 1.00 e. The Hall–Kier alpha value is -0.710. The predicted octanol–water partition coefficient (Wildman–Crippen LogP) is -1.96. The molecule has 25 heavy (non-hydrogen) atoms. The van der Waals surface area contributed by atoms with Gasteiger partial charge in [-0.1, -0.05) is 13.8 Å². The van der Waals surface area contributed by atoms with Gasteiger partial charge in [-0.05, 0) is 19.0 Å². The molecule has 1 fully saturated rings. The van der Waals surface area contributed by atoms with E-state index in [4.69, 9.17) is 0 Å². The molecular weight excluding hydrogens is 355 g/mol. The Labute approximate surface area is 172 Å². The van der Waals surface area contributed by atoms with E-state index in [0.29, 0.717) is 32.7 Å². The molecule has 1 aliphatic heterocycles. The van der Waals surface area contributed by atoms with Gasteiger partial charge in [-0.15, -0.1) is 0 Å². The third kappa shape index (κ3) is 5.38. The molecule has 0 radical (unpaired) electrons. The fraction of sp³-hybridized carbons (Fsp3) is 0.600. The van der Waals surface area contributed by atoms with Crippen molar-refractivity contribution >= 4 is 21.8 Å². The van der Waals surface area contributed by atoms with Crippen LogP contribution in [0, 0.1) is 0 Å². The summed E-state index contributed by atoms with van der Waals surface area (Å²) in [6.07, 6.45) is 2.04. The molecule has 2 heterocycles. The molecule has 0 amide bonds. The smallest absolute Gasteiger partial charge is 1.00 e. The van der Waals surface area contributed by atoms with Gasteiger partial charge in [-0.25, -0.2) is 18.2 Å². The minimum Gasteiger partial charge on any atom is -1.00 e. The molecule has 0 aliphatic carbocycles. The molecule has 0 aromatic carbocycles. The van der Waals surface area contributed by atoms with Crippen LogP contribution in [0.3, 0.4) is 0 Å². The molecule has 136 valence electrons. The number of rotatable bonds is 7. The fourth-order valence-corrected chi connectivity index (χ4v) is 3.96. The van der Waals surface area contributed by atoms with E-state index in [2.05, 4.69) is 15.2 Å². The van der Waals surface area contributed by atoms with Gasteiger partial charge in [0.25, 0.3) is 0 Å². The summed E-state index contributed by atoms with van der Waals surface area (Å²) < 4.78 is 26.9. The molecule has 0 spiro atoms. The molecule has 2 rings (SSSR count). The first-order valence-electron chi connectivity index (χ1n) is 8.09. The van der Waals surface area contributed by atoms with E-state index in [1.807, 2.05) is 13.8 Å². The van der Waals surface area contributed by atoms with Gasteiger partial charge in [-0.2, -0.15) is 4.31 Å². The van der Waals surface area contributed by atoms with Crippen molar-refractivity contribution in [1.82, 2.24) is 14.2 Å². The van der Waals surface area contributed by atoms with E-state index >= 15 is 0 Å². The topological polar surface area (TPSA) is 103 Å². The minimum absolute atomic E-state index is 0. The van der Waals surface area contributed by atoms with E-state index in [0.717, 1.165) is 13.0 Å². The second kappa shape index (κ2) is 9.84. The number of hydrogen-bond donors (Lipinski definition) is 2. The summed E-state index contributed by atoms with van der Waals surface area (Å²) >= 11 is 0. The normalized spacial score (nSPS) is 16.2. The number of aromatic carboxylic acids is 1. The number of carbonyl (C=O) groups is 1. The quantitative estimate of drug-likeness (QED) is 0.530. The number of piperazine rings is 1. The van der Waals surface area contributed by atoms with Gasteiger partial charge in [0.2, 0.25) is 10.0 Å². The number of nitrogens with one attached hydrogen (secondary N) is 1. The Morgan fingerprint density at radius 2 is 1.96 bits per heavy atom. The average molecular weight is 380 g/mol. The molecule has 1 aromatic heterocycles. The van der Waals surface area contributed by atoms with Gasteiger partial charge in [-0.3, -0.25) is 0 Å². The Balaban J connectivity index is 0.00000312. The number of pyridine rings is 1. The van der Waals surface area contributed by atoms with Crippen molar-refractivity contribution < 1.29 is 49.3 Å². The Kier molecular flexibility index (Phi) is 8.79. The molecule has 0 atom stereocenters. The summed E-state index contributed by atoms with van der Waals surface area (Å²) in [5, 5.41) is 12.2. The summed E-state index contributed by atoms with van der Waals surface area (Å²) in [6.45, 7) is 7.57. The van der Waals surface area contributed by atoms with Gasteiger partial charge in [0, 0.05) is 38.9 Å². The molecule has 1 aromatic rings. The first-order valence-corrected chi connectivity index (χ1v) is 9.53. The van der Waals surface area contributed by atoms with Gasteiger partial charge in [0.1, 0.15) is 16.3 Å². The summed E-state index contributed by atoms with van der Waals surface area (Å²) in [7, 11) is -3.73. The first kappa shape index (κ1) is 22.3. The van der Waals surface area contributed by atoms with Gasteiger partial charge in [0.15, 0.2) is 0 Å². The molecule has 0 bridgehead atoms. The van der Waals surface area contributed by atoms with Crippen LogP contribution in [0.1, 0.15) is 32.1 Å². The van der Waals surface area contributed by atoms with E-state index < -0.39 is 16.0 Å². The Morgan fingerprint density at radius 1 is 1.32 bits per heavy atom. The van der Waals surface area contributed by atoms with Crippen molar-refractivity contribution in [2.45, 2.75) is 25.2 Å². The molecule has 0 saturated carbocycles. The van der Waals surface area contributed by atoms with Crippen LogP contribution in [0.5, 0.6) is 0 Å². The van der Waals surface area contributed by atoms with Crippen LogP contribution in [0.25, 0.3) is 0 Å².